The average Bonchev–Trinajstić information content (AvgIpc) is 2.99. The lowest BCUT2D eigenvalue weighted by Crippen LogP contribution is -2.49. The van der Waals surface area contributed by atoms with Gasteiger partial charge < -0.3 is 9.64 Å². The van der Waals surface area contributed by atoms with Crippen LogP contribution in [0.1, 0.15) is 39.0 Å². The molecule has 1 aromatic rings. The highest BCUT2D eigenvalue weighted by molar-refractivity contribution is 4.90. The van der Waals surface area contributed by atoms with Gasteiger partial charge in [-0.1, -0.05) is 0 Å². The van der Waals surface area contributed by atoms with Crippen LogP contribution in [-0.2, 0) is 11.3 Å². The normalized spacial score (nSPS) is 24.9. The molecule has 0 radical (unpaired) electrons. The topological polar surface area (TPSA) is 30.3 Å². The Hall–Kier alpha value is -0.870. The third-order valence-electron chi connectivity index (χ3n) is 5.20. The molecule has 112 valence electrons. The fourth-order valence-electron chi connectivity index (χ4n) is 3.77. The van der Waals surface area contributed by atoms with E-state index in [2.05, 4.69) is 23.1 Å². The van der Waals surface area contributed by atoms with Crippen molar-refractivity contribution >= 4 is 0 Å². The predicted octanol–water partition coefficient (Wildman–Crippen LogP) is 2.55. The molecule has 2 aliphatic rings. The maximum atomic E-state index is 5.56. The van der Waals surface area contributed by atoms with Crippen molar-refractivity contribution < 1.29 is 4.74 Å². The fourth-order valence-corrected chi connectivity index (χ4v) is 3.77. The fraction of sp³-hybridized carbons (Fsp3) is 0.812. The van der Waals surface area contributed by atoms with Crippen LogP contribution in [-0.4, -0.2) is 47.0 Å². The van der Waals surface area contributed by atoms with Crippen LogP contribution in [0, 0.1) is 5.41 Å². The molecule has 0 unspecified atom stereocenters. The highest BCUT2D eigenvalue weighted by atomic mass is 16.5. The van der Waals surface area contributed by atoms with E-state index in [4.69, 9.17) is 4.74 Å². The molecule has 2 fully saturated rings. The lowest BCUT2D eigenvalue weighted by molar-refractivity contribution is -0.0367. The quantitative estimate of drug-likeness (QED) is 0.847. The van der Waals surface area contributed by atoms with E-state index in [9.17, 15) is 0 Å². The Morgan fingerprint density at radius 2 is 2.15 bits per heavy atom. The molecule has 0 N–H and O–H groups in total. The predicted molar refractivity (Wildman–Crippen MR) is 79.6 cm³/mol. The van der Waals surface area contributed by atoms with E-state index < -0.39 is 0 Å². The number of hydrogen-bond donors (Lipinski definition) is 0. The van der Waals surface area contributed by atoms with Crippen LogP contribution in [0.5, 0.6) is 0 Å². The number of hydrogen-bond acceptors (Lipinski definition) is 3. The second kappa shape index (κ2) is 6.27. The Kier molecular flexibility index (Phi) is 4.41. The molecule has 3 heterocycles. The summed E-state index contributed by atoms with van der Waals surface area (Å²) in [6, 6.07) is 2.65. The standard InChI is InChI=1S/C16H27N3O/c1-15(4-11-19-10-3-8-17-19)18-9-2-5-16(14-18)6-12-20-13-7-16/h3,8,10,15H,2,4-7,9,11-14H2,1H3/t15-/m1/s1. The van der Waals surface area contributed by atoms with Crippen molar-refractivity contribution in [3.63, 3.8) is 0 Å². The van der Waals surface area contributed by atoms with E-state index in [0.717, 1.165) is 19.8 Å². The summed E-state index contributed by atoms with van der Waals surface area (Å²) in [5.41, 5.74) is 0.552. The smallest absolute Gasteiger partial charge is 0.0489 e. The number of piperidine rings is 1. The zero-order valence-electron chi connectivity index (χ0n) is 12.6. The molecular formula is C16H27N3O. The van der Waals surface area contributed by atoms with Crippen molar-refractivity contribution in [2.24, 2.45) is 5.41 Å². The summed E-state index contributed by atoms with van der Waals surface area (Å²) in [5, 5.41) is 4.30. The van der Waals surface area contributed by atoms with Crippen LogP contribution in [0.2, 0.25) is 0 Å². The summed E-state index contributed by atoms with van der Waals surface area (Å²) in [7, 11) is 0. The molecule has 1 atom stereocenters. The van der Waals surface area contributed by atoms with E-state index >= 15 is 0 Å². The Balaban J connectivity index is 1.53. The Morgan fingerprint density at radius 1 is 1.30 bits per heavy atom. The van der Waals surface area contributed by atoms with Gasteiger partial charge in [0.15, 0.2) is 0 Å². The summed E-state index contributed by atoms with van der Waals surface area (Å²) < 4.78 is 7.61. The maximum absolute atomic E-state index is 5.56. The van der Waals surface area contributed by atoms with Crippen molar-refractivity contribution in [3.8, 4) is 0 Å². The molecule has 4 heteroatoms. The molecule has 0 aromatic carbocycles. The van der Waals surface area contributed by atoms with Gasteiger partial charge in [0.05, 0.1) is 0 Å². The van der Waals surface area contributed by atoms with Crippen molar-refractivity contribution in [3.05, 3.63) is 18.5 Å². The van der Waals surface area contributed by atoms with Crippen molar-refractivity contribution in [1.29, 1.82) is 0 Å². The first kappa shape index (κ1) is 14.1. The number of aryl methyl sites for hydroxylation is 1. The van der Waals surface area contributed by atoms with Gasteiger partial charge in [-0.3, -0.25) is 4.68 Å². The highest BCUT2D eigenvalue weighted by Crippen LogP contribution is 2.39. The second-order valence-corrected chi connectivity index (χ2v) is 6.59. The van der Waals surface area contributed by atoms with Crippen LogP contribution < -0.4 is 0 Å². The SMILES string of the molecule is C[C@H](CCn1cccn1)N1CCCC2(CCOCC2)C1. The number of ether oxygens (including phenoxy) is 1. The van der Waals surface area contributed by atoms with E-state index in [1.54, 1.807) is 0 Å². The van der Waals surface area contributed by atoms with Gasteiger partial charge in [-0.25, -0.2) is 0 Å². The van der Waals surface area contributed by atoms with E-state index in [0.29, 0.717) is 11.5 Å². The van der Waals surface area contributed by atoms with Gasteiger partial charge in [-0.2, -0.15) is 5.10 Å². The maximum Gasteiger partial charge on any atom is 0.0489 e. The lowest BCUT2D eigenvalue weighted by atomic mass is 9.73. The molecular weight excluding hydrogens is 250 g/mol. The third kappa shape index (κ3) is 3.23. The van der Waals surface area contributed by atoms with Crippen LogP contribution in [0.4, 0.5) is 0 Å². The summed E-state index contributed by atoms with van der Waals surface area (Å²) in [4.78, 5) is 2.71. The van der Waals surface area contributed by atoms with Crippen LogP contribution in [0.15, 0.2) is 18.5 Å². The van der Waals surface area contributed by atoms with Gasteiger partial charge >= 0.3 is 0 Å². The van der Waals surface area contributed by atoms with Crippen LogP contribution >= 0.6 is 0 Å². The third-order valence-corrected chi connectivity index (χ3v) is 5.20. The Morgan fingerprint density at radius 3 is 2.90 bits per heavy atom. The Bertz CT molecular complexity index is 392. The molecule has 4 nitrogen and oxygen atoms in total. The van der Waals surface area contributed by atoms with Gasteiger partial charge in [0.25, 0.3) is 0 Å². The number of aromatic nitrogens is 2. The van der Waals surface area contributed by atoms with Gasteiger partial charge in [-0.15, -0.1) is 0 Å². The minimum Gasteiger partial charge on any atom is -0.381 e. The Labute approximate surface area is 122 Å². The van der Waals surface area contributed by atoms with Gasteiger partial charge in [-0.05, 0) is 57.1 Å². The van der Waals surface area contributed by atoms with Crippen LogP contribution in [0.25, 0.3) is 0 Å². The summed E-state index contributed by atoms with van der Waals surface area (Å²) in [5.74, 6) is 0. The zero-order valence-corrected chi connectivity index (χ0v) is 12.6. The first-order valence-electron chi connectivity index (χ1n) is 8.07. The minimum atomic E-state index is 0.552. The molecule has 3 rings (SSSR count). The van der Waals surface area contributed by atoms with Crippen molar-refractivity contribution in [2.75, 3.05) is 26.3 Å². The second-order valence-electron chi connectivity index (χ2n) is 6.59. The molecule has 0 amide bonds. The van der Waals surface area contributed by atoms with E-state index in [1.165, 1.54) is 45.2 Å². The zero-order chi connectivity index (χ0) is 13.8. The molecule has 0 bridgehead atoms. The van der Waals surface area contributed by atoms with Gasteiger partial charge in [0.1, 0.15) is 0 Å². The van der Waals surface area contributed by atoms with Crippen molar-refractivity contribution in [2.45, 2.75) is 51.6 Å². The van der Waals surface area contributed by atoms with Crippen molar-refractivity contribution in [1.82, 2.24) is 14.7 Å². The average molecular weight is 277 g/mol. The summed E-state index contributed by atoms with van der Waals surface area (Å²) >= 11 is 0. The van der Waals surface area contributed by atoms with Gasteiger partial charge in [0.2, 0.25) is 0 Å². The number of likely N-dealkylation sites (tertiary alicyclic amines) is 1. The minimum absolute atomic E-state index is 0.552. The van der Waals surface area contributed by atoms with Crippen LogP contribution in [0.3, 0.4) is 0 Å². The van der Waals surface area contributed by atoms with E-state index in [-0.39, 0.29) is 0 Å². The largest absolute Gasteiger partial charge is 0.381 e. The number of nitrogens with zero attached hydrogens (tertiary/aromatic N) is 3. The molecule has 20 heavy (non-hydrogen) atoms. The molecule has 1 spiro atoms. The molecule has 0 saturated carbocycles. The number of rotatable bonds is 4. The molecule has 1 aromatic heterocycles. The molecule has 2 saturated heterocycles. The summed E-state index contributed by atoms with van der Waals surface area (Å²) in [6.45, 7) is 7.88. The highest BCUT2D eigenvalue weighted by Gasteiger charge is 2.37. The first-order chi connectivity index (χ1) is 9.77. The lowest BCUT2D eigenvalue weighted by Gasteiger charge is -2.47. The molecule has 2 aliphatic heterocycles. The summed E-state index contributed by atoms with van der Waals surface area (Å²) in [6.07, 6.45) is 10.4. The van der Waals surface area contributed by atoms with Gasteiger partial charge in [0, 0.05) is 44.7 Å². The first-order valence-corrected chi connectivity index (χ1v) is 8.07. The monoisotopic (exact) mass is 277 g/mol. The molecule has 0 aliphatic carbocycles. The van der Waals surface area contributed by atoms with E-state index in [1.807, 2.05) is 16.9 Å².